The molecule has 1 N–H and O–H groups in total. The Morgan fingerprint density at radius 1 is 1.26 bits per heavy atom. The third-order valence-electron chi connectivity index (χ3n) is 2.61. The molecular formula is C14H16ClN3O. The molecule has 0 fully saturated rings. The summed E-state index contributed by atoms with van der Waals surface area (Å²) < 4.78 is 5.79. The molecule has 0 unspecified atom stereocenters. The van der Waals surface area contributed by atoms with Gasteiger partial charge in [0.25, 0.3) is 0 Å². The van der Waals surface area contributed by atoms with Gasteiger partial charge in [0.15, 0.2) is 0 Å². The van der Waals surface area contributed by atoms with Gasteiger partial charge in [-0.2, -0.15) is 0 Å². The first-order valence-corrected chi connectivity index (χ1v) is 6.63. The molecule has 5 heteroatoms. The van der Waals surface area contributed by atoms with E-state index in [9.17, 15) is 0 Å². The molecule has 1 aromatic heterocycles. The molecule has 0 radical (unpaired) electrons. The number of hydrogen-bond acceptors (Lipinski definition) is 4. The number of halogens is 1. The summed E-state index contributed by atoms with van der Waals surface area (Å²) in [4.78, 5) is 8.43. The monoisotopic (exact) mass is 277 g/mol. The standard InChI is InChI=1S/C14H16ClN3O/c1-3-12-13(16-4-2)17-9-18-14(12)19-11-7-5-6-10(15)8-11/h5-9H,3-4H2,1-2H3,(H,16,17,18). The summed E-state index contributed by atoms with van der Waals surface area (Å²) in [5, 5.41) is 3.84. The number of benzene rings is 1. The molecule has 0 aliphatic carbocycles. The molecule has 0 atom stereocenters. The number of aromatic nitrogens is 2. The number of nitrogens with one attached hydrogen (secondary N) is 1. The van der Waals surface area contributed by atoms with Crippen molar-refractivity contribution >= 4 is 17.4 Å². The fraction of sp³-hybridized carbons (Fsp3) is 0.286. The van der Waals surface area contributed by atoms with Crippen LogP contribution in [0.1, 0.15) is 19.4 Å². The zero-order valence-electron chi connectivity index (χ0n) is 11.0. The Morgan fingerprint density at radius 2 is 2.11 bits per heavy atom. The van der Waals surface area contributed by atoms with Gasteiger partial charge < -0.3 is 10.1 Å². The average Bonchev–Trinajstić information content (AvgIpc) is 2.39. The van der Waals surface area contributed by atoms with Crippen LogP contribution in [-0.4, -0.2) is 16.5 Å². The first kappa shape index (κ1) is 13.6. The third-order valence-corrected chi connectivity index (χ3v) is 2.85. The van der Waals surface area contributed by atoms with Crippen molar-refractivity contribution in [3.63, 3.8) is 0 Å². The Balaban J connectivity index is 2.31. The van der Waals surface area contributed by atoms with E-state index in [-0.39, 0.29) is 0 Å². The highest BCUT2D eigenvalue weighted by Crippen LogP contribution is 2.28. The second-order valence-corrected chi connectivity index (χ2v) is 4.39. The molecule has 0 spiro atoms. The van der Waals surface area contributed by atoms with Crippen LogP contribution in [0, 0.1) is 0 Å². The SMILES string of the molecule is CCNc1ncnc(Oc2cccc(Cl)c2)c1CC. The van der Waals surface area contributed by atoms with Gasteiger partial charge in [0.1, 0.15) is 17.9 Å². The maximum atomic E-state index is 5.94. The van der Waals surface area contributed by atoms with Gasteiger partial charge in [0, 0.05) is 11.6 Å². The van der Waals surface area contributed by atoms with Gasteiger partial charge in [-0.25, -0.2) is 9.97 Å². The minimum Gasteiger partial charge on any atom is -0.438 e. The maximum Gasteiger partial charge on any atom is 0.227 e. The van der Waals surface area contributed by atoms with E-state index in [1.807, 2.05) is 26.0 Å². The Hall–Kier alpha value is -1.81. The Bertz CT molecular complexity index is 560. The van der Waals surface area contributed by atoms with Crippen molar-refractivity contribution in [2.75, 3.05) is 11.9 Å². The van der Waals surface area contributed by atoms with Gasteiger partial charge in [0.05, 0.1) is 5.56 Å². The minimum absolute atomic E-state index is 0.565. The second kappa shape index (κ2) is 6.38. The van der Waals surface area contributed by atoms with Gasteiger partial charge in [-0.3, -0.25) is 0 Å². The molecule has 1 heterocycles. The maximum absolute atomic E-state index is 5.94. The van der Waals surface area contributed by atoms with Crippen molar-refractivity contribution < 1.29 is 4.74 Å². The molecular weight excluding hydrogens is 262 g/mol. The van der Waals surface area contributed by atoms with Crippen molar-refractivity contribution in [2.45, 2.75) is 20.3 Å². The third kappa shape index (κ3) is 3.35. The smallest absolute Gasteiger partial charge is 0.227 e. The number of hydrogen-bond donors (Lipinski definition) is 1. The molecule has 0 bridgehead atoms. The molecule has 0 saturated carbocycles. The van der Waals surface area contributed by atoms with Crippen LogP contribution in [0.5, 0.6) is 11.6 Å². The van der Waals surface area contributed by atoms with Crippen LogP contribution >= 0.6 is 11.6 Å². The lowest BCUT2D eigenvalue weighted by Gasteiger charge is -2.12. The zero-order chi connectivity index (χ0) is 13.7. The van der Waals surface area contributed by atoms with Crippen LogP contribution in [0.25, 0.3) is 0 Å². The minimum atomic E-state index is 0.565. The Morgan fingerprint density at radius 3 is 2.79 bits per heavy atom. The predicted octanol–water partition coefficient (Wildman–Crippen LogP) is 3.92. The summed E-state index contributed by atoms with van der Waals surface area (Å²) in [6.45, 7) is 4.88. The van der Waals surface area contributed by atoms with E-state index in [0.29, 0.717) is 16.7 Å². The van der Waals surface area contributed by atoms with Crippen LogP contribution in [-0.2, 0) is 6.42 Å². The molecule has 0 saturated heterocycles. The number of nitrogens with zero attached hydrogens (tertiary/aromatic N) is 2. The Kier molecular flexibility index (Phi) is 4.58. The van der Waals surface area contributed by atoms with Crippen molar-refractivity contribution in [1.82, 2.24) is 9.97 Å². The zero-order valence-corrected chi connectivity index (χ0v) is 11.7. The molecule has 19 heavy (non-hydrogen) atoms. The van der Waals surface area contributed by atoms with Crippen molar-refractivity contribution in [1.29, 1.82) is 0 Å². The van der Waals surface area contributed by atoms with E-state index in [2.05, 4.69) is 15.3 Å². The van der Waals surface area contributed by atoms with Crippen molar-refractivity contribution in [2.24, 2.45) is 0 Å². The van der Waals surface area contributed by atoms with E-state index in [4.69, 9.17) is 16.3 Å². The van der Waals surface area contributed by atoms with Crippen LogP contribution in [0.4, 0.5) is 5.82 Å². The molecule has 100 valence electrons. The molecule has 0 amide bonds. The van der Waals surface area contributed by atoms with Crippen LogP contribution in [0.2, 0.25) is 5.02 Å². The molecule has 2 aromatic rings. The summed E-state index contributed by atoms with van der Waals surface area (Å²) >= 11 is 5.94. The van der Waals surface area contributed by atoms with Gasteiger partial charge in [-0.1, -0.05) is 24.6 Å². The van der Waals surface area contributed by atoms with E-state index in [1.54, 1.807) is 12.1 Å². The summed E-state index contributed by atoms with van der Waals surface area (Å²) in [7, 11) is 0. The topological polar surface area (TPSA) is 47.0 Å². The lowest BCUT2D eigenvalue weighted by atomic mass is 10.2. The van der Waals surface area contributed by atoms with Crippen molar-refractivity contribution in [3.05, 3.63) is 41.2 Å². The molecule has 2 rings (SSSR count). The summed E-state index contributed by atoms with van der Waals surface area (Å²) in [6.07, 6.45) is 2.29. The van der Waals surface area contributed by atoms with E-state index in [1.165, 1.54) is 6.33 Å². The molecule has 1 aromatic carbocycles. The number of rotatable bonds is 5. The average molecular weight is 278 g/mol. The first-order valence-electron chi connectivity index (χ1n) is 6.25. The van der Waals surface area contributed by atoms with Gasteiger partial charge >= 0.3 is 0 Å². The first-order chi connectivity index (χ1) is 9.24. The summed E-state index contributed by atoms with van der Waals surface area (Å²) in [5.41, 5.74) is 0.962. The van der Waals surface area contributed by atoms with E-state index >= 15 is 0 Å². The highest BCUT2D eigenvalue weighted by Gasteiger charge is 2.11. The van der Waals surface area contributed by atoms with Crippen molar-refractivity contribution in [3.8, 4) is 11.6 Å². The second-order valence-electron chi connectivity index (χ2n) is 3.95. The number of ether oxygens (including phenoxy) is 1. The van der Waals surface area contributed by atoms with E-state index < -0.39 is 0 Å². The fourth-order valence-corrected chi connectivity index (χ4v) is 1.94. The van der Waals surface area contributed by atoms with Gasteiger partial charge in [-0.15, -0.1) is 0 Å². The van der Waals surface area contributed by atoms with Crippen LogP contribution in [0.15, 0.2) is 30.6 Å². The molecule has 0 aliphatic rings. The summed E-state index contributed by atoms with van der Waals surface area (Å²) in [5.74, 6) is 2.05. The highest BCUT2D eigenvalue weighted by atomic mass is 35.5. The lowest BCUT2D eigenvalue weighted by Crippen LogP contribution is -2.05. The number of anilines is 1. The lowest BCUT2D eigenvalue weighted by molar-refractivity contribution is 0.455. The van der Waals surface area contributed by atoms with Crippen LogP contribution in [0.3, 0.4) is 0 Å². The highest BCUT2D eigenvalue weighted by molar-refractivity contribution is 6.30. The van der Waals surface area contributed by atoms with Crippen LogP contribution < -0.4 is 10.1 Å². The predicted molar refractivity (Wildman–Crippen MR) is 77.1 cm³/mol. The quantitative estimate of drug-likeness (QED) is 0.900. The summed E-state index contributed by atoms with van der Waals surface area (Å²) in [6, 6.07) is 7.26. The Labute approximate surface area is 117 Å². The normalized spacial score (nSPS) is 10.3. The fourth-order valence-electron chi connectivity index (χ4n) is 1.76. The molecule has 4 nitrogen and oxygen atoms in total. The van der Waals surface area contributed by atoms with Gasteiger partial charge in [-0.05, 0) is 31.5 Å². The molecule has 0 aliphatic heterocycles. The van der Waals surface area contributed by atoms with E-state index in [0.717, 1.165) is 24.3 Å². The largest absolute Gasteiger partial charge is 0.438 e. The van der Waals surface area contributed by atoms with Gasteiger partial charge in [0.2, 0.25) is 5.88 Å².